The fourth-order valence-corrected chi connectivity index (χ4v) is 3.71. The first kappa shape index (κ1) is 12.4. The largest absolute Gasteiger partial charge is 0.478 e. The van der Waals surface area contributed by atoms with Crippen molar-refractivity contribution in [2.24, 2.45) is 0 Å². The van der Waals surface area contributed by atoms with Crippen LogP contribution in [0.4, 0.5) is 0 Å². The SMILES string of the molecule is O=C(O)C1=CC=C2C1=Cc1c2ccc2c1ccc1ccccc12. The molecule has 0 spiro atoms. The van der Waals surface area contributed by atoms with Gasteiger partial charge in [0.25, 0.3) is 0 Å². The molecule has 0 aromatic heterocycles. The summed E-state index contributed by atoms with van der Waals surface area (Å²) in [6.45, 7) is 0. The molecule has 0 heterocycles. The molecule has 0 amide bonds. The second-order valence-corrected chi connectivity index (χ2v) is 5.93. The lowest BCUT2D eigenvalue weighted by molar-refractivity contribution is -0.132. The van der Waals surface area contributed by atoms with Gasteiger partial charge in [-0.3, -0.25) is 0 Å². The van der Waals surface area contributed by atoms with Gasteiger partial charge in [-0.2, -0.15) is 0 Å². The van der Waals surface area contributed by atoms with E-state index in [1.807, 2.05) is 18.2 Å². The van der Waals surface area contributed by atoms with Crippen LogP contribution in [0.25, 0.3) is 33.2 Å². The van der Waals surface area contributed by atoms with Crippen molar-refractivity contribution in [2.75, 3.05) is 0 Å². The normalized spacial score (nSPS) is 15.2. The van der Waals surface area contributed by atoms with Gasteiger partial charge in [-0.1, -0.05) is 54.6 Å². The molecule has 1 N–H and O–H groups in total. The number of aliphatic carboxylic acids is 1. The Balaban J connectivity index is 1.84. The monoisotopic (exact) mass is 296 g/mol. The Hall–Kier alpha value is -3.13. The van der Waals surface area contributed by atoms with Gasteiger partial charge < -0.3 is 5.11 Å². The van der Waals surface area contributed by atoms with E-state index in [4.69, 9.17) is 0 Å². The predicted octanol–water partition coefficient (Wildman–Crippen LogP) is 4.80. The van der Waals surface area contributed by atoms with Crippen LogP contribution in [0.15, 0.2) is 71.8 Å². The summed E-state index contributed by atoms with van der Waals surface area (Å²) in [4.78, 5) is 11.4. The average Bonchev–Trinajstić information content (AvgIpc) is 3.13. The molecule has 3 aromatic rings. The van der Waals surface area contributed by atoms with E-state index in [9.17, 15) is 9.90 Å². The number of fused-ring (bicyclic) bond motifs is 7. The Kier molecular flexibility index (Phi) is 2.27. The van der Waals surface area contributed by atoms with E-state index in [-0.39, 0.29) is 0 Å². The van der Waals surface area contributed by atoms with E-state index < -0.39 is 5.97 Å². The number of carbonyl (C=O) groups is 1. The van der Waals surface area contributed by atoms with Gasteiger partial charge in [-0.25, -0.2) is 4.79 Å². The minimum absolute atomic E-state index is 0.380. The quantitative estimate of drug-likeness (QED) is 0.655. The molecule has 23 heavy (non-hydrogen) atoms. The number of hydrogen-bond donors (Lipinski definition) is 1. The van der Waals surface area contributed by atoms with E-state index in [1.165, 1.54) is 21.5 Å². The molecule has 0 radical (unpaired) electrons. The minimum Gasteiger partial charge on any atom is -0.478 e. The van der Waals surface area contributed by atoms with E-state index in [0.717, 1.165) is 22.3 Å². The Labute approximate surface area is 132 Å². The molecular formula is C21H12O2. The van der Waals surface area contributed by atoms with Crippen molar-refractivity contribution in [1.82, 2.24) is 0 Å². The van der Waals surface area contributed by atoms with E-state index in [1.54, 1.807) is 6.08 Å². The molecular weight excluding hydrogens is 284 g/mol. The number of rotatable bonds is 1. The molecule has 2 aliphatic carbocycles. The number of hydrogen-bond acceptors (Lipinski definition) is 1. The van der Waals surface area contributed by atoms with Gasteiger partial charge in [0.2, 0.25) is 0 Å². The Morgan fingerprint density at radius 1 is 0.783 bits per heavy atom. The fraction of sp³-hybridized carbons (Fsp3) is 0. The molecule has 2 heteroatoms. The molecule has 5 rings (SSSR count). The van der Waals surface area contributed by atoms with Crippen LogP contribution in [0.2, 0.25) is 0 Å². The summed E-state index contributed by atoms with van der Waals surface area (Å²) < 4.78 is 0. The average molecular weight is 296 g/mol. The van der Waals surface area contributed by atoms with Crippen molar-refractivity contribution in [3.8, 4) is 0 Å². The van der Waals surface area contributed by atoms with Crippen LogP contribution in [-0.4, -0.2) is 11.1 Å². The first-order chi connectivity index (χ1) is 11.2. The third kappa shape index (κ3) is 1.55. The maximum atomic E-state index is 11.4. The zero-order valence-corrected chi connectivity index (χ0v) is 12.2. The summed E-state index contributed by atoms with van der Waals surface area (Å²) in [7, 11) is 0. The van der Waals surface area contributed by atoms with Gasteiger partial charge in [-0.05, 0) is 56.0 Å². The van der Waals surface area contributed by atoms with Crippen LogP contribution in [0.1, 0.15) is 11.1 Å². The third-order valence-electron chi connectivity index (χ3n) is 4.77. The van der Waals surface area contributed by atoms with Gasteiger partial charge in [0.1, 0.15) is 0 Å². The summed E-state index contributed by atoms with van der Waals surface area (Å²) >= 11 is 0. The Morgan fingerprint density at radius 3 is 2.48 bits per heavy atom. The summed E-state index contributed by atoms with van der Waals surface area (Å²) in [5, 5.41) is 14.2. The van der Waals surface area contributed by atoms with Gasteiger partial charge >= 0.3 is 5.97 Å². The number of carboxylic acid groups (broad SMARTS) is 1. The van der Waals surface area contributed by atoms with Crippen LogP contribution in [0, 0.1) is 0 Å². The highest BCUT2D eigenvalue weighted by Crippen LogP contribution is 2.45. The molecule has 0 aliphatic heterocycles. The van der Waals surface area contributed by atoms with Gasteiger partial charge in [-0.15, -0.1) is 0 Å². The van der Waals surface area contributed by atoms with Gasteiger partial charge in [0.15, 0.2) is 0 Å². The highest BCUT2D eigenvalue weighted by molar-refractivity contribution is 6.17. The molecule has 0 saturated heterocycles. The maximum Gasteiger partial charge on any atom is 0.336 e. The van der Waals surface area contributed by atoms with Crippen molar-refractivity contribution in [1.29, 1.82) is 0 Å². The number of allylic oxidation sites excluding steroid dienone is 3. The summed E-state index contributed by atoms with van der Waals surface area (Å²) in [6.07, 6.45) is 5.62. The lowest BCUT2D eigenvalue weighted by Gasteiger charge is -2.08. The minimum atomic E-state index is -0.870. The zero-order chi connectivity index (χ0) is 15.6. The molecule has 2 aliphatic rings. The van der Waals surface area contributed by atoms with Gasteiger partial charge in [0.05, 0.1) is 5.57 Å². The number of benzene rings is 3. The van der Waals surface area contributed by atoms with Crippen LogP contribution < -0.4 is 0 Å². The lowest BCUT2D eigenvalue weighted by atomic mass is 9.95. The molecule has 2 nitrogen and oxygen atoms in total. The van der Waals surface area contributed by atoms with E-state index in [0.29, 0.717) is 5.57 Å². The van der Waals surface area contributed by atoms with Crippen molar-refractivity contribution in [3.63, 3.8) is 0 Å². The highest BCUT2D eigenvalue weighted by atomic mass is 16.4. The lowest BCUT2D eigenvalue weighted by Crippen LogP contribution is -1.99. The topological polar surface area (TPSA) is 37.3 Å². The second kappa shape index (κ2) is 4.20. The molecule has 108 valence electrons. The zero-order valence-electron chi connectivity index (χ0n) is 12.2. The first-order valence-corrected chi connectivity index (χ1v) is 7.56. The molecule has 0 bridgehead atoms. The molecule has 0 fully saturated rings. The Bertz CT molecular complexity index is 1130. The standard InChI is InChI=1S/C21H12O2/c22-21(23)18-10-9-17-16-8-7-14-13-4-2-1-3-12(13)5-6-15(14)19(16)11-20(17)18/h1-11H,(H,22,23). The van der Waals surface area contributed by atoms with Gasteiger partial charge in [0, 0.05) is 0 Å². The van der Waals surface area contributed by atoms with Crippen LogP contribution in [0.3, 0.4) is 0 Å². The first-order valence-electron chi connectivity index (χ1n) is 7.56. The fourth-order valence-electron chi connectivity index (χ4n) is 3.71. The number of carboxylic acids is 1. The highest BCUT2D eigenvalue weighted by Gasteiger charge is 2.28. The third-order valence-corrected chi connectivity index (χ3v) is 4.77. The predicted molar refractivity (Wildman–Crippen MR) is 93.1 cm³/mol. The van der Waals surface area contributed by atoms with Crippen molar-refractivity contribution in [2.45, 2.75) is 0 Å². The molecule has 0 saturated carbocycles. The van der Waals surface area contributed by atoms with E-state index in [2.05, 4.69) is 42.5 Å². The van der Waals surface area contributed by atoms with Crippen LogP contribution >= 0.6 is 0 Å². The smallest absolute Gasteiger partial charge is 0.336 e. The van der Waals surface area contributed by atoms with Crippen molar-refractivity contribution >= 4 is 39.2 Å². The van der Waals surface area contributed by atoms with Crippen molar-refractivity contribution in [3.05, 3.63) is 83.0 Å². The summed E-state index contributed by atoms with van der Waals surface area (Å²) in [5.74, 6) is -0.870. The Morgan fingerprint density at radius 2 is 1.61 bits per heavy atom. The van der Waals surface area contributed by atoms with Crippen LogP contribution in [-0.2, 0) is 4.79 Å². The summed E-state index contributed by atoms with van der Waals surface area (Å²) in [6, 6.07) is 16.9. The molecule has 3 aromatic carbocycles. The van der Waals surface area contributed by atoms with E-state index >= 15 is 0 Å². The molecule has 0 atom stereocenters. The second-order valence-electron chi connectivity index (χ2n) is 5.93. The van der Waals surface area contributed by atoms with Crippen LogP contribution in [0.5, 0.6) is 0 Å². The van der Waals surface area contributed by atoms with Crippen molar-refractivity contribution < 1.29 is 9.90 Å². The summed E-state index contributed by atoms with van der Waals surface area (Å²) in [5.41, 5.74) is 4.47. The molecule has 0 unspecified atom stereocenters. The maximum absolute atomic E-state index is 11.4.